The molecule has 2 rings (SSSR count). The van der Waals surface area contributed by atoms with Gasteiger partial charge in [0.25, 0.3) is 0 Å². The van der Waals surface area contributed by atoms with Crippen LogP contribution in [0.5, 0.6) is 0 Å². The smallest absolute Gasteiger partial charge is 0.161 e. The first kappa shape index (κ1) is 11.6. The Balaban J connectivity index is 2.00. The molecule has 1 aliphatic heterocycles. The highest BCUT2D eigenvalue weighted by molar-refractivity contribution is 5.97. The molecule has 0 radical (unpaired) electrons. The molecular weight excluding hydrogens is 198 g/mol. The molecule has 88 valence electrons. The molecule has 2 aliphatic rings. The van der Waals surface area contributed by atoms with Crippen LogP contribution in [0, 0.1) is 5.92 Å². The minimum Gasteiger partial charge on any atom is -0.297 e. The summed E-state index contributed by atoms with van der Waals surface area (Å²) in [5.41, 5.74) is 1.01. The number of Topliss-reactive ketones (excluding diaryl/α,β-unsaturated/α-hetero) is 1. The molecule has 0 amide bonds. The highest BCUT2D eigenvalue weighted by Crippen LogP contribution is 2.23. The summed E-state index contributed by atoms with van der Waals surface area (Å²) in [5.74, 6) is 0.436. The van der Waals surface area contributed by atoms with E-state index in [0.29, 0.717) is 11.8 Å². The average Bonchev–Trinajstić information content (AvgIpc) is 2.81. The average molecular weight is 219 g/mol. The van der Waals surface area contributed by atoms with Crippen molar-refractivity contribution in [3.63, 3.8) is 0 Å². The Bertz CT molecular complexity index is 322. The molecule has 0 N–H and O–H groups in total. The van der Waals surface area contributed by atoms with Gasteiger partial charge < -0.3 is 0 Å². The van der Waals surface area contributed by atoms with Gasteiger partial charge in [-0.3, -0.25) is 9.69 Å². The van der Waals surface area contributed by atoms with Gasteiger partial charge in [0.15, 0.2) is 5.78 Å². The summed E-state index contributed by atoms with van der Waals surface area (Å²) in [6.45, 7) is 6.34. The van der Waals surface area contributed by atoms with E-state index in [1.54, 1.807) is 0 Å². The third-order valence-corrected chi connectivity index (χ3v) is 3.51. The summed E-state index contributed by atoms with van der Waals surface area (Å²) in [6.07, 6.45) is 9.82. The fourth-order valence-electron chi connectivity index (χ4n) is 2.54. The standard InChI is InChI=1S/C14H21NO/c1-11(2)14(16)12-6-5-7-13(10-12)15-8-3-4-9-15/h5-7,11,13H,3-4,8-10H2,1-2H3/t13-/m0/s1. The van der Waals surface area contributed by atoms with Gasteiger partial charge in [0.2, 0.25) is 0 Å². The van der Waals surface area contributed by atoms with Crippen LogP contribution in [0.15, 0.2) is 23.8 Å². The van der Waals surface area contributed by atoms with Crippen molar-refractivity contribution < 1.29 is 4.79 Å². The van der Waals surface area contributed by atoms with Gasteiger partial charge in [0.1, 0.15) is 0 Å². The molecule has 1 atom stereocenters. The third kappa shape index (κ3) is 2.43. The zero-order chi connectivity index (χ0) is 11.5. The molecule has 0 aromatic heterocycles. The Hall–Kier alpha value is -0.890. The lowest BCUT2D eigenvalue weighted by molar-refractivity contribution is -0.118. The summed E-state index contributed by atoms with van der Waals surface area (Å²) in [5, 5.41) is 0. The van der Waals surface area contributed by atoms with Gasteiger partial charge in [-0.05, 0) is 37.9 Å². The van der Waals surface area contributed by atoms with Crippen LogP contribution in [0.4, 0.5) is 0 Å². The molecule has 16 heavy (non-hydrogen) atoms. The van der Waals surface area contributed by atoms with E-state index < -0.39 is 0 Å². The first-order chi connectivity index (χ1) is 7.68. The van der Waals surface area contributed by atoms with E-state index in [1.165, 1.54) is 25.9 Å². The van der Waals surface area contributed by atoms with Crippen molar-refractivity contribution in [2.75, 3.05) is 13.1 Å². The summed E-state index contributed by atoms with van der Waals surface area (Å²) in [4.78, 5) is 14.4. The zero-order valence-electron chi connectivity index (χ0n) is 10.3. The van der Waals surface area contributed by atoms with E-state index in [9.17, 15) is 4.79 Å². The molecule has 0 bridgehead atoms. The van der Waals surface area contributed by atoms with Gasteiger partial charge in [-0.1, -0.05) is 32.1 Å². The lowest BCUT2D eigenvalue weighted by Gasteiger charge is -2.27. The van der Waals surface area contributed by atoms with Crippen molar-refractivity contribution in [3.05, 3.63) is 23.8 Å². The number of hydrogen-bond acceptors (Lipinski definition) is 2. The van der Waals surface area contributed by atoms with E-state index in [0.717, 1.165) is 12.0 Å². The van der Waals surface area contributed by atoms with Crippen molar-refractivity contribution in [2.45, 2.75) is 39.2 Å². The number of carbonyl (C=O) groups excluding carboxylic acids is 1. The van der Waals surface area contributed by atoms with E-state index >= 15 is 0 Å². The minimum absolute atomic E-state index is 0.122. The third-order valence-electron chi connectivity index (χ3n) is 3.51. The van der Waals surface area contributed by atoms with Crippen LogP contribution in [-0.2, 0) is 4.79 Å². The van der Waals surface area contributed by atoms with Gasteiger partial charge in [0.05, 0.1) is 0 Å². The van der Waals surface area contributed by atoms with Gasteiger partial charge in [-0.2, -0.15) is 0 Å². The Labute approximate surface area is 98.0 Å². The van der Waals surface area contributed by atoms with Crippen molar-refractivity contribution in [2.24, 2.45) is 5.92 Å². The van der Waals surface area contributed by atoms with Crippen molar-refractivity contribution in [1.82, 2.24) is 4.90 Å². The summed E-state index contributed by atoms with van der Waals surface area (Å²) in [6, 6.07) is 0.463. The van der Waals surface area contributed by atoms with Crippen LogP contribution in [0.1, 0.15) is 33.1 Å². The number of hydrogen-bond donors (Lipinski definition) is 0. The molecule has 0 aromatic carbocycles. The van der Waals surface area contributed by atoms with Crippen LogP contribution < -0.4 is 0 Å². The molecule has 1 saturated heterocycles. The normalized spacial score (nSPS) is 26.2. The van der Waals surface area contributed by atoms with E-state index in [1.807, 2.05) is 19.9 Å². The van der Waals surface area contributed by atoms with Gasteiger partial charge in [-0.15, -0.1) is 0 Å². The second-order valence-corrected chi connectivity index (χ2v) is 5.11. The van der Waals surface area contributed by atoms with Gasteiger partial charge in [-0.25, -0.2) is 0 Å². The highest BCUT2D eigenvalue weighted by Gasteiger charge is 2.25. The lowest BCUT2D eigenvalue weighted by atomic mass is 9.91. The largest absolute Gasteiger partial charge is 0.297 e. The molecular formula is C14H21NO. The maximum absolute atomic E-state index is 11.9. The molecule has 1 aliphatic carbocycles. The molecule has 0 saturated carbocycles. The van der Waals surface area contributed by atoms with Crippen LogP contribution in [-0.4, -0.2) is 29.8 Å². The SMILES string of the molecule is CC(C)C(=O)C1=CC=C[C@H](N2CCCC2)C1. The molecule has 1 fully saturated rings. The number of carbonyl (C=O) groups is 1. The van der Waals surface area contributed by atoms with Crippen LogP contribution >= 0.6 is 0 Å². The molecule has 0 unspecified atom stereocenters. The predicted molar refractivity (Wildman–Crippen MR) is 66.3 cm³/mol. The second kappa shape index (κ2) is 4.96. The molecule has 0 aromatic rings. The monoisotopic (exact) mass is 219 g/mol. The highest BCUT2D eigenvalue weighted by atomic mass is 16.1. The Morgan fingerprint density at radius 2 is 2.06 bits per heavy atom. The number of likely N-dealkylation sites (tertiary alicyclic amines) is 1. The Morgan fingerprint density at radius 1 is 1.38 bits per heavy atom. The fourth-order valence-corrected chi connectivity index (χ4v) is 2.54. The van der Waals surface area contributed by atoms with E-state index in [-0.39, 0.29) is 5.92 Å². The quantitative estimate of drug-likeness (QED) is 0.727. The number of nitrogens with zero attached hydrogens (tertiary/aromatic N) is 1. The molecule has 0 spiro atoms. The minimum atomic E-state index is 0.122. The predicted octanol–water partition coefficient (Wildman–Crippen LogP) is 2.56. The van der Waals surface area contributed by atoms with Crippen molar-refractivity contribution in [1.29, 1.82) is 0 Å². The first-order valence-corrected chi connectivity index (χ1v) is 6.34. The molecule has 2 heteroatoms. The zero-order valence-corrected chi connectivity index (χ0v) is 10.3. The van der Waals surface area contributed by atoms with Crippen LogP contribution in [0.25, 0.3) is 0 Å². The van der Waals surface area contributed by atoms with Gasteiger partial charge >= 0.3 is 0 Å². The van der Waals surface area contributed by atoms with Crippen LogP contribution in [0.2, 0.25) is 0 Å². The Morgan fingerprint density at radius 3 is 2.69 bits per heavy atom. The number of rotatable bonds is 3. The number of allylic oxidation sites excluding steroid dienone is 2. The van der Waals surface area contributed by atoms with Crippen LogP contribution in [0.3, 0.4) is 0 Å². The van der Waals surface area contributed by atoms with Crippen molar-refractivity contribution in [3.8, 4) is 0 Å². The summed E-state index contributed by atoms with van der Waals surface area (Å²) < 4.78 is 0. The Kier molecular flexibility index (Phi) is 3.59. The topological polar surface area (TPSA) is 20.3 Å². The number of ketones is 1. The summed E-state index contributed by atoms with van der Waals surface area (Å²) >= 11 is 0. The van der Waals surface area contributed by atoms with Gasteiger partial charge in [0, 0.05) is 12.0 Å². The van der Waals surface area contributed by atoms with E-state index in [4.69, 9.17) is 0 Å². The lowest BCUT2D eigenvalue weighted by Crippen LogP contribution is -2.33. The summed E-state index contributed by atoms with van der Waals surface area (Å²) in [7, 11) is 0. The van der Waals surface area contributed by atoms with E-state index in [2.05, 4.69) is 17.1 Å². The maximum atomic E-state index is 11.9. The first-order valence-electron chi connectivity index (χ1n) is 6.34. The maximum Gasteiger partial charge on any atom is 0.161 e. The second-order valence-electron chi connectivity index (χ2n) is 5.11. The molecule has 1 heterocycles. The fraction of sp³-hybridized carbons (Fsp3) is 0.643. The molecule has 2 nitrogen and oxygen atoms in total. The van der Waals surface area contributed by atoms with Crippen molar-refractivity contribution >= 4 is 5.78 Å².